The lowest BCUT2D eigenvalue weighted by Crippen LogP contribution is -2.27. The molecule has 3 atom stereocenters. The second-order valence-corrected chi connectivity index (χ2v) is 6.04. The lowest BCUT2D eigenvalue weighted by molar-refractivity contribution is -0.00461. The van der Waals surface area contributed by atoms with Gasteiger partial charge < -0.3 is 20.1 Å². The minimum Gasteiger partial charge on any atom is -0.377 e. The van der Waals surface area contributed by atoms with E-state index in [2.05, 4.69) is 17.9 Å². The number of anilines is 1. The van der Waals surface area contributed by atoms with Crippen LogP contribution in [0.25, 0.3) is 0 Å². The van der Waals surface area contributed by atoms with Gasteiger partial charge in [-0.15, -0.1) is 0 Å². The maximum Gasteiger partial charge on any atom is 0.102 e. The van der Waals surface area contributed by atoms with Crippen LogP contribution >= 0.6 is 11.6 Å². The van der Waals surface area contributed by atoms with Crippen molar-refractivity contribution in [3.63, 3.8) is 0 Å². The van der Waals surface area contributed by atoms with Crippen LogP contribution in [0.2, 0.25) is 5.02 Å². The van der Waals surface area contributed by atoms with Crippen LogP contribution in [0.1, 0.15) is 18.9 Å². The molecular formula is C16H25ClN2O2. The van der Waals surface area contributed by atoms with E-state index in [0.717, 1.165) is 31.0 Å². The average Bonchev–Trinajstić information content (AvgIpc) is 2.90. The molecule has 2 rings (SSSR count). The largest absolute Gasteiger partial charge is 0.377 e. The molecule has 0 aromatic heterocycles. The Balaban J connectivity index is 2.23. The highest BCUT2D eigenvalue weighted by atomic mass is 35.5. The van der Waals surface area contributed by atoms with E-state index in [1.165, 1.54) is 11.3 Å². The molecule has 0 saturated carbocycles. The third-order valence-electron chi connectivity index (χ3n) is 4.21. The number of rotatable bonds is 6. The van der Waals surface area contributed by atoms with Gasteiger partial charge in [0.05, 0.1) is 0 Å². The van der Waals surface area contributed by atoms with Gasteiger partial charge in [0.15, 0.2) is 0 Å². The van der Waals surface area contributed by atoms with Crippen molar-refractivity contribution in [2.24, 2.45) is 5.73 Å². The molecule has 1 fully saturated rings. The molecule has 1 aliphatic rings. The summed E-state index contributed by atoms with van der Waals surface area (Å²) in [5.41, 5.74) is 8.50. The van der Waals surface area contributed by atoms with Crippen LogP contribution in [-0.4, -0.2) is 45.6 Å². The number of ether oxygens (including phenoxy) is 2. The Hall–Kier alpha value is -0.810. The third-order valence-corrected chi connectivity index (χ3v) is 4.44. The molecule has 2 N–H and O–H groups in total. The minimum absolute atomic E-state index is 0.0957. The summed E-state index contributed by atoms with van der Waals surface area (Å²) < 4.78 is 11.0. The lowest BCUT2D eigenvalue weighted by Gasteiger charge is -2.23. The molecule has 0 amide bonds. The van der Waals surface area contributed by atoms with Gasteiger partial charge in [-0.1, -0.05) is 18.5 Å². The molecule has 1 aliphatic heterocycles. The molecular weight excluding hydrogens is 288 g/mol. The zero-order valence-electron chi connectivity index (χ0n) is 13.0. The Kier molecular flexibility index (Phi) is 5.88. The van der Waals surface area contributed by atoms with E-state index in [0.29, 0.717) is 0 Å². The molecule has 4 nitrogen and oxygen atoms in total. The van der Waals surface area contributed by atoms with Gasteiger partial charge in [-0.05, 0) is 36.6 Å². The first kappa shape index (κ1) is 16.6. The summed E-state index contributed by atoms with van der Waals surface area (Å²) in [5, 5.41) is 0.753. The van der Waals surface area contributed by atoms with Gasteiger partial charge >= 0.3 is 0 Å². The number of hydrogen-bond acceptors (Lipinski definition) is 4. The Morgan fingerprint density at radius 1 is 1.29 bits per heavy atom. The molecule has 0 bridgehead atoms. The van der Waals surface area contributed by atoms with Crippen LogP contribution in [0.5, 0.6) is 0 Å². The van der Waals surface area contributed by atoms with E-state index in [1.807, 2.05) is 12.1 Å². The SMILES string of the molecule is CCC(N)Cc1cc(Cl)ccc1N1CC(OC)C(OC)C1. The van der Waals surface area contributed by atoms with Crippen molar-refractivity contribution in [3.05, 3.63) is 28.8 Å². The Morgan fingerprint density at radius 3 is 2.43 bits per heavy atom. The van der Waals surface area contributed by atoms with Gasteiger partial charge in [0, 0.05) is 44.1 Å². The van der Waals surface area contributed by atoms with Gasteiger partial charge in [0.2, 0.25) is 0 Å². The van der Waals surface area contributed by atoms with E-state index < -0.39 is 0 Å². The molecule has 5 heteroatoms. The molecule has 1 aromatic carbocycles. The Bertz CT molecular complexity index is 458. The number of nitrogens with two attached hydrogens (primary N) is 1. The second kappa shape index (κ2) is 7.45. The maximum atomic E-state index is 6.15. The fourth-order valence-corrected chi connectivity index (χ4v) is 3.04. The van der Waals surface area contributed by atoms with Crippen LogP contribution in [0.3, 0.4) is 0 Å². The molecule has 1 saturated heterocycles. The van der Waals surface area contributed by atoms with Gasteiger partial charge in [-0.3, -0.25) is 0 Å². The smallest absolute Gasteiger partial charge is 0.102 e. The molecule has 21 heavy (non-hydrogen) atoms. The van der Waals surface area contributed by atoms with E-state index in [-0.39, 0.29) is 18.2 Å². The summed E-state index contributed by atoms with van der Waals surface area (Å²) in [4.78, 5) is 2.30. The number of nitrogens with zero attached hydrogens (tertiary/aromatic N) is 1. The highest BCUT2D eigenvalue weighted by molar-refractivity contribution is 6.30. The van der Waals surface area contributed by atoms with Crippen molar-refractivity contribution in [2.45, 2.75) is 38.0 Å². The summed E-state index contributed by atoms with van der Waals surface area (Å²) >= 11 is 6.15. The van der Waals surface area contributed by atoms with E-state index >= 15 is 0 Å². The third kappa shape index (κ3) is 3.89. The quantitative estimate of drug-likeness (QED) is 0.876. The van der Waals surface area contributed by atoms with E-state index in [4.69, 9.17) is 26.8 Å². The molecule has 0 aliphatic carbocycles. The fraction of sp³-hybridized carbons (Fsp3) is 0.625. The Morgan fingerprint density at radius 2 is 1.90 bits per heavy atom. The van der Waals surface area contributed by atoms with Crippen LogP contribution in [0.15, 0.2) is 18.2 Å². The predicted octanol–water partition coefficient (Wildman–Crippen LogP) is 2.47. The molecule has 1 heterocycles. The highest BCUT2D eigenvalue weighted by Gasteiger charge is 2.33. The number of hydrogen-bond donors (Lipinski definition) is 1. The lowest BCUT2D eigenvalue weighted by atomic mass is 10.0. The second-order valence-electron chi connectivity index (χ2n) is 5.60. The van der Waals surface area contributed by atoms with E-state index in [9.17, 15) is 0 Å². The van der Waals surface area contributed by atoms with Crippen LogP contribution in [0.4, 0.5) is 5.69 Å². The van der Waals surface area contributed by atoms with Gasteiger partial charge in [0.25, 0.3) is 0 Å². The maximum absolute atomic E-state index is 6.15. The summed E-state index contributed by atoms with van der Waals surface area (Å²) in [7, 11) is 3.46. The van der Waals surface area contributed by atoms with Crippen LogP contribution in [-0.2, 0) is 15.9 Å². The van der Waals surface area contributed by atoms with Crippen LogP contribution < -0.4 is 10.6 Å². The van der Waals surface area contributed by atoms with Crippen molar-refractivity contribution in [1.82, 2.24) is 0 Å². The highest BCUT2D eigenvalue weighted by Crippen LogP contribution is 2.30. The molecule has 3 unspecified atom stereocenters. The van der Waals surface area contributed by atoms with Crippen molar-refractivity contribution < 1.29 is 9.47 Å². The summed E-state index contributed by atoms with van der Waals surface area (Å²) in [6.45, 7) is 3.75. The Labute approximate surface area is 132 Å². The van der Waals surface area contributed by atoms with Crippen LogP contribution in [0, 0.1) is 0 Å². The van der Waals surface area contributed by atoms with Gasteiger partial charge in [-0.25, -0.2) is 0 Å². The van der Waals surface area contributed by atoms with Crippen molar-refractivity contribution in [3.8, 4) is 0 Å². The van der Waals surface area contributed by atoms with Gasteiger partial charge in [0.1, 0.15) is 12.2 Å². The summed E-state index contributed by atoms with van der Waals surface area (Å²) in [6.07, 6.45) is 1.97. The van der Waals surface area contributed by atoms with Crippen molar-refractivity contribution in [2.75, 3.05) is 32.2 Å². The standard InChI is InChI=1S/C16H25ClN2O2/c1-4-13(18)8-11-7-12(17)5-6-14(11)19-9-15(20-2)16(10-19)21-3/h5-7,13,15-16H,4,8-10,18H2,1-3H3. The monoisotopic (exact) mass is 312 g/mol. The average molecular weight is 313 g/mol. The summed E-state index contributed by atoms with van der Waals surface area (Å²) in [6, 6.07) is 6.18. The van der Waals surface area contributed by atoms with Gasteiger partial charge in [-0.2, -0.15) is 0 Å². The fourth-order valence-electron chi connectivity index (χ4n) is 2.85. The first-order chi connectivity index (χ1) is 10.1. The number of methoxy groups -OCH3 is 2. The summed E-state index contributed by atoms with van der Waals surface area (Å²) in [5.74, 6) is 0. The molecule has 118 valence electrons. The molecule has 0 radical (unpaired) electrons. The number of halogens is 1. The zero-order chi connectivity index (χ0) is 15.4. The minimum atomic E-state index is 0.0957. The zero-order valence-corrected chi connectivity index (χ0v) is 13.8. The first-order valence-electron chi connectivity index (χ1n) is 7.43. The number of benzene rings is 1. The van der Waals surface area contributed by atoms with Crippen molar-refractivity contribution in [1.29, 1.82) is 0 Å². The normalized spacial score (nSPS) is 23.6. The van der Waals surface area contributed by atoms with E-state index in [1.54, 1.807) is 14.2 Å². The van der Waals surface area contributed by atoms with Crippen molar-refractivity contribution >= 4 is 17.3 Å². The first-order valence-corrected chi connectivity index (χ1v) is 7.81. The predicted molar refractivity (Wildman–Crippen MR) is 87.2 cm³/mol. The topological polar surface area (TPSA) is 47.7 Å². The molecule has 1 aromatic rings. The molecule has 0 spiro atoms.